The molecule has 0 saturated carbocycles. The van der Waals surface area contributed by atoms with E-state index in [-0.39, 0.29) is 6.54 Å². The summed E-state index contributed by atoms with van der Waals surface area (Å²) in [5, 5.41) is 17.8. The molecule has 0 saturated heterocycles. The van der Waals surface area contributed by atoms with Crippen LogP contribution in [0.1, 0.15) is 5.56 Å². The monoisotopic (exact) mass is 301 g/mol. The van der Waals surface area contributed by atoms with Gasteiger partial charge in [-0.25, -0.2) is 19.8 Å². The average molecular weight is 301 g/mol. The Morgan fingerprint density at radius 1 is 1.23 bits per heavy atom. The van der Waals surface area contributed by atoms with Crippen LogP contribution in [0.15, 0.2) is 45.2 Å². The van der Waals surface area contributed by atoms with E-state index >= 15 is 0 Å². The SMILES string of the molecule is O=C(O)Cn1cc(C=Nn2c(=O)[nH][nH]c2=O)c2ccccc21. The highest BCUT2D eigenvalue weighted by molar-refractivity contribution is 5.99. The first-order chi connectivity index (χ1) is 10.6. The summed E-state index contributed by atoms with van der Waals surface area (Å²) in [6.07, 6.45) is 2.94. The van der Waals surface area contributed by atoms with Gasteiger partial charge >= 0.3 is 17.3 Å². The molecular weight excluding hydrogens is 290 g/mol. The van der Waals surface area contributed by atoms with Gasteiger partial charge in [0.05, 0.1) is 6.21 Å². The quantitative estimate of drug-likeness (QED) is 0.576. The van der Waals surface area contributed by atoms with E-state index in [9.17, 15) is 14.4 Å². The van der Waals surface area contributed by atoms with E-state index in [2.05, 4.69) is 15.3 Å². The number of aromatic amines is 2. The van der Waals surface area contributed by atoms with Crippen LogP contribution in [0, 0.1) is 0 Å². The second-order valence-electron chi connectivity index (χ2n) is 4.54. The van der Waals surface area contributed by atoms with Gasteiger partial charge in [0.25, 0.3) is 0 Å². The van der Waals surface area contributed by atoms with Gasteiger partial charge in [-0.2, -0.15) is 5.10 Å². The van der Waals surface area contributed by atoms with Crippen molar-refractivity contribution < 1.29 is 9.90 Å². The number of aliphatic carboxylic acids is 1. The second-order valence-corrected chi connectivity index (χ2v) is 4.54. The number of carboxylic acids is 1. The molecule has 0 bridgehead atoms. The highest BCUT2D eigenvalue weighted by Gasteiger charge is 2.09. The molecule has 9 nitrogen and oxygen atoms in total. The number of aromatic nitrogens is 4. The minimum absolute atomic E-state index is 0.195. The van der Waals surface area contributed by atoms with Crippen LogP contribution in [0.3, 0.4) is 0 Å². The minimum atomic E-state index is -0.970. The maximum atomic E-state index is 11.4. The van der Waals surface area contributed by atoms with Crippen molar-refractivity contribution in [1.82, 2.24) is 19.4 Å². The maximum absolute atomic E-state index is 11.4. The number of rotatable bonds is 4. The molecule has 2 heterocycles. The summed E-state index contributed by atoms with van der Waals surface area (Å²) >= 11 is 0. The standard InChI is InChI=1S/C13H11N5O4/c19-11(20)7-17-6-8(9-3-1-2-4-10(9)17)5-14-18-12(21)15-16-13(18)22/h1-6H,7H2,(H,15,21)(H,16,22)(H,19,20). The molecule has 1 aromatic carbocycles. The zero-order valence-corrected chi connectivity index (χ0v) is 11.2. The normalized spacial score (nSPS) is 11.5. The van der Waals surface area contributed by atoms with E-state index in [1.807, 2.05) is 0 Å². The molecule has 0 aliphatic rings. The Kier molecular flexibility index (Phi) is 3.22. The van der Waals surface area contributed by atoms with Crippen molar-refractivity contribution >= 4 is 23.1 Å². The van der Waals surface area contributed by atoms with Crippen molar-refractivity contribution in [2.24, 2.45) is 5.10 Å². The van der Waals surface area contributed by atoms with Crippen molar-refractivity contribution in [2.45, 2.75) is 6.54 Å². The van der Waals surface area contributed by atoms with Crippen LogP contribution >= 0.6 is 0 Å². The highest BCUT2D eigenvalue weighted by atomic mass is 16.4. The molecule has 0 fully saturated rings. The van der Waals surface area contributed by atoms with Crippen LogP contribution in [0.25, 0.3) is 10.9 Å². The van der Waals surface area contributed by atoms with Crippen LogP contribution in [0.2, 0.25) is 0 Å². The molecule has 3 rings (SSSR count). The van der Waals surface area contributed by atoms with E-state index in [0.29, 0.717) is 10.2 Å². The van der Waals surface area contributed by atoms with Gasteiger partial charge in [-0.15, -0.1) is 4.68 Å². The molecule has 0 spiro atoms. The molecule has 0 aliphatic heterocycles. The number of para-hydroxylation sites is 1. The van der Waals surface area contributed by atoms with Gasteiger partial charge in [-0.1, -0.05) is 18.2 Å². The number of carbonyl (C=O) groups is 1. The minimum Gasteiger partial charge on any atom is -0.480 e. The summed E-state index contributed by atoms with van der Waals surface area (Å²) in [5.41, 5.74) is -0.0444. The molecule has 9 heteroatoms. The third-order valence-electron chi connectivity index (χ3n) is 3.10. The summed E-state index contributed by atoms with van der Waals surface area (Å²) in [4.78, 5) is 33.6. The molecular formula is C13H11N5O4. The molecule has 0 radical (unpaired) electrons. The second kappa shape index (κ2) is 5.20. The predicted molar refractivity (Wildman–Crippen MR) is 78.2 cm³/mol. The fraction of sp³-hybridized carbons (Fsp3) is 0.0769. The van der Waals surface area contributed by atoms with Gasteiger partial charge < -0.3 is 9.67 Å². The van der Waals surface area contributed by atoms with E-state index in [0.717, 1.165) is 10.9 Å². The number of nitrogens with one attached hydrogen (secondary N) is 2. The number of hydrogen-bond donors (Lipinski definition) is 3. The zero-order chi connectivity index (χ0) is 15.7. The van der Waals surface area contributed by atoms with Crippen molar-refractivity contribution in [3.8, 4) is 0 Å². The van der Waals surface area contributed by atoms with Crippen LogP contribution in [-0.2, 0) is 11.3 Å². The number of benzene rings is 1. The van der Waals surface area contributed by atoms with Crippen LogP contribution in [0.4, 0.5) is 0 Å². The summed E-state index contributed by atoms with van der Waals surface area (Å²) in [6.45, 7) is -0.195. The van der Waals surface area contributed by atoms with E-state index in [1.54, 1.807) is 35.0 Å². The van der Waals surface area contributed by atoms with Crippen molar-refractivity contribution in [1.29, 1.82) is 0 Å². The Balaban J connectivity index is 2.09. The Bertz CT molecular complexity index is 960. The lowest BCUT2D eigenvalue weighted by Gasteiger charge is -1.99. The van der Waals surface area contributed by atoms with Gasteiger partial charge in [0, 0.05) is 22.7 Å². The summed E-state index contributed by atoms with van der Waals surface area (Å²) < 4.78 is 2.20. The third-order valence-corrected chi connectivity index (χ3v) is 3.10. The van der Waals surface area contributed by atoms with Gasteiger partial charge in [-0.3, -0.25) is 4.79 Å². The topological polar surface area (TPSA) is 125 Å². The highest BCUT2D eigenvalue weighted by Crippen LogP contribution is 2.19. The maximum Gasteiger partial charge on any atom is 0.365 e. The lowest BCUT2D eigenvalue weighted by Crippen LogP contribution is -2.22. The number of carboxylic acid groups (broad SMARTS) is 1. The number of hydrogen-bond acceptors (Lipinski definition) is 4. The first-order valence-electron chi connectivity index (χ1n) is 6.30. The largest absolute Gasteiger partial charge is 0.480 e. The molecule has 0 atom stereocenters. The Labute approximate surface area is 122 Å². The molecule has 0 unspecified atom stereocenters. The lowest BCUT2D eigenvalue weighted by molar-refractivity contribution is -0.137. The summed E-state index contributed by atoms with van der Waals surface area (Å²) in [7, 11) is 0. The average Bonchev–Trinajstić information content (AvgIpc) is 2.98. The first-order valence-corrected chi connectivity index (χ1v) is 6.30. The lowest BCUT2D eigenvalue weighted by atomic mass is 10.2. The molecule has 0 aliphatic carbocycles. The fourth-order valence-corrected chi connectivity index (χ4v) is 2.18. The van der Waals surface area contributed by atoms with Crippen molar-refractivity contribution in [3.05, 3.63) is 57.0 Å². The molecule has 22 heavy (non-hydrogen) atoms. The number of H-pyrrole nitrogens is 2. The molecule has 0 amide bonds. The Morgan fingerprint density at radius 2 is 1.91 bits per heavy atom. The van der Waals surface area contributed by atoms with Gasteiger partial charge in [0.2, 0.25) is 0 Å². The molecule has 112 valence electrons. The third kappa shape index (κ3) is 2.35. The fourth-order valence-electron chi connectivity index (χ4n) is 2.18. The molecule has 3 aromatic rings. The Morgan fingerprint density at radius 3 is 2.59 bits per heavy atom. The van der Waals surface area contributed by atoms with Gasteiger partial charge in [0.1, 0.15) is 6.54 Å². The van der Waals surface area contributed by atoms with Gasteiger partial charge in [0.15, 0.2) is 0 Å². The van der Waals surface area contributed by atoms with Crippen molar-refractivity contribution in [2.75, 3.05) is 0 Å². The summed E-state index contributed by atoms with van der Waals surface area (Å²) in [5.74, 6) is -0.970. The van der Waals surface area contributed by atoms with E-state index in [1.165, 1.54) is 6.21 Å². The number of nitrogens with zero attached hydrogens (tertiary/aromatic N) is 3. The van der Waals surface area contributed by atoms with Crippen LogP contribution < -0.4 is 11.4 Å². The Hall–Kier alpha value is -3.36. The predicted octanol–water partition coefficient (Wildman–Crippen LogP) is -0.214. The smallest absolute Gasteiger partial charge is 0.365 e. The van der Waals surface area contributed by atoms with Gasteiger partial charge in [-0.05, 0) is 6.07 Å². The van der Waals surface area contributed by atoms with Crippen molar-refractivity contribution in [3.63, 3.8) is 0 Å². The first kappa shape index (κ1) is 13.6. The van der Waals surface area contributed by atoms with Crippen LogP contribution in [0.5, 0.6) is 0 Å². The number of fused-ring (bicyclic) bond motifs is 1. The van der Waals surface area contributed by atoms with E-state index < -0.39 is 17.3 Å². The molecule has 3 N–H and O–H groups in total. The van der Waals surface area contributed by atoms with E-state index in [4.69, 9.17) is 5.11 Å². The summed E-state index contributed by atoms with van der Waals surface area (Å²) in [6, 6.07) is 7.19. The van der Waals surface area contributed by atoms with Crippen LogP contribution in [-0.4, -0.2) is 36.7 Å². The molecule has 2 aromatic heterocycles. The zero-order valence-electron chi connectivity index (χ0n) is 11.2.